The number of para-hydroxylation sites is 1. The van der Waals surface area contributed by atoms with Gasteiger partial charge in [0.25, 0.3) is 5.91 Å². The van der Waals surface area contributed by atoms with Gasteiger partial charge in [-0.15, -0.1) is 0 Å². The van der Waals surface area contributed by atoms with Crippen molar-refractivity contribution in [1.82, 2.24) is 4.90 Å². The van der Waals surface area contributed by atoms with E-state index in [9.17, 15) is 15.0 Å². The second-order valence-electron chi connectivity index (χ2n) is 5.08. The average molecular weight is 264 g/mol. The number of carbonyl (C=O) groups excluding carboxylic acids is 1. The molecule has 0 spiro atoms. The highest BCUT2D eigenvalue weighted by atomic mass is 16.3. The molecule has 4 N–H and O–H groups in total. The van der Waals surface area contributed by atoms with Crippen LogP contribution in [0.15, 0.2) is 18.2 Å². The van der Waals surface area contributed by atoms with Crippen molar-refractivity contribution in [2.75, 3.05) is 12.8 Å². The lowest BCUT2D eigenvalue weighted by atomic mass is 9.91. The molecule has 1 aliphatic rings. The Morgan fingerprint density at radius 3 is 2.74 bits per heavy atom. The Morgan fingerprint density at radius 2 is 2.05 bits per heavy atom. The van der Waals surface area contributed by atoms with Crippen LogP contribution in [0.4, 0.5) is 5.69 Å². The number of rotatable bonds is 2. The molecule has 5 heteroatoms. The van der Waals surface area contributed by atoms with Gasteiger partial charge < -0.3 is 20.8 Å². The summed E-state index contributed by atoms with van der Waals surface area (Å²) in [5, 5.41) is 19.8. The summed E-state index contributed by atoms with van der Waals surface area (Å²) in [6.07, 6.45) is 2.99. The number of aromatic hydroxyl groups is 1. The van der Waals surface area contributed by atoms with Gasteiger partial charge in [-0.1, -0.05) is 18.9 Å². The lowest BCUT2D eigenvalue weighted by molar-refractivity contribution is 0.0266. The van der Waals surface area contributed by atoms with Gasteiger partial charge in [-0.2, -0.15) is 0 Å². The molecule has 2 unspecified atom stereocenters. The molecule has 5 nitrogen and oxygen atoms in total. The van der Waals surface area contributed by atoms with Gasteiger partial charge in [0.1, 0.15) is 0 Å². The molecule has 1 fully saturated rings. The third-order valence-corrected chi connectivity index (χ3v) is 3.81. The Kier molecular flexibility index (Phi) is 3.95. The number of hydrogen-bond donors (Lipinski definition) is 3. The van der Waals surface area contributed by atoms with Crippen molar-refractivity contribution in [2.24, 2.45) is 0 Å². The minimum atomic E-state index is -0.495. The Hall–Kier alpha value is -1.75. The number of nitrogen functional groups attached to an aromatic ring is 1. The van der Waals surface area contributed by atoms with E-state index in [4.69, 9.17) is 5.73 Å². The summed E-state index contributed by atoms with van der Waals surface area (Å²) in [5.41, 5.74) is 5.96. The number of amides is 1. The number of aliphatic hydroxyl groups excluding tert-OH is 1. The summed E-state index contributed by atoms with van der Waals surface area (Å²) >= 11 is 0. The maximum absolute atomic E-state index is 12.4. The number of aliphatic hydroxyl groups is 1. The first-order valence-electron chi connectivity index (χ1n) is 6.55. The molecule has 104 valence electrons. The monoisotopic (exact) mass is 264 g/mol. The lowest BCUT2D eigenvalue weighted by Gasteiger charge is -2.35. The molecule has 0 aromatic heterocycles. The van der Waals surface area contributed by atoms with Crippen molar-refractivity contribution in [1.29, 1.82) is 0 Å². The van der Waals surface area contributed by atoms with Crippen molar-refractivity contribution in [3.8, 4) is 5.75 Å². The van der Waals surface area contributed by atoms with Crippen LogP contribution in [0.3, 0.4) is 0 Å². The molecule has 0 bridgehead atoms. The Labute approximate surface area is 112 Å². The SMILES string of the molecule is CN(C(=O)c1cccc(N)c1O)C1CCCCC1O. The number of likely N-dealkylation sites (N-methyl/N-ethyl adjacent to an activating group) is 1. The number of phenolic OH excluding ortho intramolecular Hbond substituents is 1. The number of carbonyl (C=O) groups is 1. The highest BCUT2D eigenvalue weighted by Gasteiger charge is 2.30. The topological polar surface area (TPSA) is 86.8 Å². The van der Waals surface area contributed by atoms with Gasteiger partial charge in [0.05, 0.1) is 23.4 Å². The van der Waals surface area contributed by atoms with E-state index >= 15 is 0 Å². The fourth-order valence-corrected chi connectivity index (χ4v) is 2.62. The van der Waals surface area contributed by atoms with Gasteiger partial charge in [-0.25, -0.2) is 0 Å². The van der Waals surface area contributed by atoms with Gasteiger partial charge in [0.2, 0.25) is 0 Å². The molecule has 0 aliphatic heterocycles. The van der Waals surface area contributed by atoms with Crippen LogP contribution < -0.4 is 5.73 Å². The van der Waals surface area contributed by atoms with E-state index in [1.165, 1.54) is 4.90 Å². The summed E-state index contributed by atoms with van der Waals surface area (Å²) in [4.78, 5) is 13.9. The van der Waals surface area contributed by atoms with E-state index in [2.05, 4.69) is 0 Å². The van der Waals surface area contributed by atoms with Crippen LogP contribution in [0.1, 0.15) is 36.0 Å². The molecular formula is C14H20N2O3. The van der Waals surface area contributed by atoms with E-state index in [1.807, 2.05) is 0 Å². The second kappa shape index (κ2) is 5.48. The van der Waals surface area contributed by atoms with Crippen molar-refractivity contribution < 1.29 is 15.0 Å². The maximum Gasteiger partial charge on any atom is 0.257 e. The summed E-state index contributed by atoms with van der Waals surface area (Å²) in [6, 6.07) is 4.52. The third-order valence-electron chi connectivity index (χ3n) is 3.81. The lowest BCUT2D eigenvalue weighted by Crippen LogP contribution is -2.46. The van der Waals surface area contributed by atoms with Crippen molar-refractivity contribution in [3.05, 3.63) is 23.8 Å². The smallest absolute Gasteiger partial charge is 0.257 e. The van der Waals surface area contributed by atoms with E-state index in [0.717, 1.165) is 19.3 Å². The summed E-state index contributed by atoms with van der Waals surface area (Å²) in [6.45, 7) is 0. The molecule has 19 heavy (non-hydrogen) atoms. The molecule has 1 aromatic carbocycles. The van der Waals surface area contributed by atoms with E-state index in [0.29, 0.717) is 6.42 Å². The largest absolute Gasteiger partial charge is 0.505 e. The molecule has 1 amide bonds. The van der Waals surface area contributed by atoms with Crippen LogP contribution in [0.25, 0.3) is 0 Å². The predicted molar refractivity (Wildman–Crippen MR) is 72.9 cm³/mol. The zero-order valence-electron chi connectivity index (χ0n) is 11.0. The van der Waals surface area contributed by atoms with Gasteiger partial charge >= 0.3 is 0 Å². The molecule has 0 saturated heterocycles. The quantitative estimate of drug-likeness (QED) is 0.556. The van der Waals surface area contributed by atoms with Crippen molar-refractivity contribution in [2.45, 2.75) is 37.8 Å². The van der Waals surface area contributed by atoms with Crippen LogP contribution in [-0.4, -0.2) is 40.2 Å². The molecular weight excluding hydrogens is 244 g/mol. The minimum absolute atomic E-state index is 0.181. The highest BCUT2D eigenvalue weighted by molar-refractivity contribution is 5.98. The van der Waals surface area contributed by atoms with Crippen LogP contribution >= 0.6 is 0 Å². The molecule has 0 heterocycles. The first-order chi connectivity index (χ1) is 9.02. The molecule has 1 saturated carbocycles. The first-order valence-corrected chi connectivity index (χ1v) is 6.55. The maximum atomic E-state index is 12.4. The van der Waals surface area contributed by atoms with Crippen LogP contribution in [-0.2, 0) is 0 Å². The number of anilines is 1. The molecule has 2 rings (SSSR count). The fourth-order valence-electron chi connectivity index (χ4n) is 2.62. The Balaban J connectivity index is 2.21. The zero-order chi connectivity index (χ0) is 14.0. The van der Waals surface area contributed by atoms with Crippen molar-refractivity contribution in [3.63, 3.8) is 0 Å². The summed E-state index contributed by atoms with van der Waals surface area (Å²) in [5.74, 6) is -0.500. The van der Waals surface area contributed by atoms with Crippen LogP contribution in [0.5, 0.6) is 5.75 Å². The van der Waals surface area contributed by atoms with E-state index < -0.39 is 6.10 Å². The minimum Gasteiger partial charge on any atom is -0.505 e. The summed E-state index contributed by atoms with van der Waals surface area (Å²) < 4.78 is 0. The zero-order valence-corrected chi connectivity index (χ0v) is 11.0. The van der Waals surface area contributed by atoms with Gasteiger partial charge in [0, 0.05) is 7.05 Å². The summed E-state index contributed by atoms with van der Waals surface area (Å²) in [7, 11) is 1.66. The molecule has 2 atom stereocenters. The van der Waals surface area contributed by atoms with E-state index in [-0.39, 0.29) is 28.9 Å². The first kappa shape index (κ1) is 13.7. The predicted octanol–water partition coefficient (Wildman–Crippen LogP) is 1.35. The highest BCUT2D eigenvalue weighted by Crippen LogP contribution is 2.28. The second-order valence-corrected chi connectivity index (χ2v) is 5.08. The van der Waals surface area contributed by atoms with Gasteiger partial charge in [0.15, 0.2) is 5.75 Å². The van der Waals surface area contributed by atoms with Crippen molar-refractivity contribution >= 4 is 11.6 Å². The van der Waals surface area contributed by atoms with E-state index in [1.54, 1.807) is 25.2 Å². The normalized spacial score (nSPS) is 23.1. The Morgan fingerprint density at radius 1 is 1.37 bits per heavy atom. The van der Waals surface area contributed by atoms with Gasteiger partial charge in [-0.05, 0) is 25.0 Å². The number of benzene rings is 1. The fraction of sp³-hybridized carbons (Fsp3) is 0.500. The van der Waals surface area contributed by atoms with Crippen LogP contribution in [0, 0.1) is 0 Å². The number of nitrogens with two attached hydrogens (primary N) is 1. The van der Waals surface area contributed by atoms with Gasteiger partial charge in [-0.3, -0.25) is 4.79 Å². The average Bonchev–Trinajstić information content (AvgIpc) is 2.41. The number of nitrogens with zero attached hydrogens (tertiary/aromatic N) is 1. The Bertz CT molecular complexity index is 476. The van der Waals surface area contributed by atoms with Crippen LogP contribution in [0.2, 0.25) is 0 Å². The number of hydrogen-bond acceptors (Lipinski definition) is 4. The number of phenols is 1. The molecule has 1 aromatic rings. The standard InChI is InChI=1S/C14H20N2O3/c1-16(11-7-2-3-8-12(11)17)14(19)9-5-4-6-10(15)13(9)18/h4-6,11-12,17-18H,2-3,7-8,15H2,1H3. The third kappa shape index (κ3) is 2.66. The molecule has 0 radical (unpaired) electrons. The molecule has 1 aliphatic carbocycles.